The molecule has 1 aromatic rings. The van der Waals surface area contributed by atoms with Crippen LogP contribution in [0, 0.1) is 0 Å². The molecule has 1 aliphatic rings. The highest BCUT2D eigenvalue weighted by atomic mass is 35.5. The fourth-order valence-corrected chi connectivity index (χ4v) is 1.49. The van der Waals surface area contributed by atoms with Crippen LogP contribution in [-0.4, -0.2) is 16.0 Å². The van der Waals surface area contributed by atoms with Crippen molar-refractivity contribution in [1.82, 2.24) is 9.97 Å². The fraction of sp³-hybridized carbons (Fsp3) is 0.500. The number of nitrogens with two attached hydrogens (primary N) is 2. The zero-order chi connectivity index (χ0) is 10.1. The molecule has 0 spiro atoms. The van der Waals surface area contributed by atoms with Crippen molar-refractivity contribution >= 4 is 29.1 Å². The first-order chi connectivity index (χ1) is 6.66. The van der Waals surface area contributed by atoms with Crippen molar-refractivity contribution in [1.29, 1.82) is 0 Å². The summed E-state index contributed by atoms with van der Waals surface area (Å²) in [4.78, 5) is 7.75. The van der Waals surface area contributed by atoms with Crippen LogP contribution in [0.4, 0.5) is 17.5 Å². The molecule has 0 radical (unpaired) electrons. The standard InChI is InChI=1S/C8H12ClN5/c9-6-5(10)7(14-8(11)13-6)12-4-2-1-3-4/h4H,1-3,10H2,(H3,11,12,13,14). The van der Waals surface area contributed by atoms with Crippen LogP contribution < -0.4 is 16.8 Å². The monoisotopic (exact) mass is 213 g/mol. The lowest BCUT2D eigenvalue weighted by atomic mass is 9.93. The molecular weight excluding hydrogens is 202 g/mol. The number of nitrogen functional groups attached to an aromatic ring is 2. The molecule has 5 N–H and O–H groups in total. The van der Waals surface area contributed by atoms with Crippen LogP contribution in [0.5, 0.6) is 0 Å². The third-order valence-corrected chi connectivity index (χ3v) is 2.65. The van der Waals surface area contributed by atoms with Gasteiger partial charge in [-0.1, -0.05) is 11.6 Å². The van der Waals surface area contributed by atoms with E-state index in [2.05, 4.69) is 15.3 Å². The molecule has 5 nitrogen and oxygen atoms in total. The van der Waals surface area contributed by atoms with Crippen LogP contribution in [-0.2, 0) is 0 Å². The number of halogens is 1. The summed E-state index contributed by atoms with van der Waals surface area (Å²) in [5.41, 5.74) is 11.5. The number of nitrogens with one attached hydrogen (secondary N) is 1. The third kappa shape index (κ3) is 1.68. The number of hydrogen-bond acceptors (Lipinski definition) is 5. The Balaban J connectivity index is 2.22. The van der Waals surface area contributed by atoms with Gasteiger partial charge < -0.3 is 16.8 Å². The van der Waals surface area contributed by atoms with Gasteiger partial charge >= 0.3 is 0 Å². The molecule has 0 saturated heterocycles. The first-order valence-corrected chi connectivity index (χ1v) is 4.89. The minimum absolute atomic E-state index is 0.144. The van der Waals surface area contributed by atoms with Gasteiger partial charge in [0.2, 0.25) is 5.95 Å². The summed E-state index contributed by atoms with van der Waals surface area (Å²) in [6.45, 7) is 0. The summed E-state index contributed by atoms with van der Waals surface area (Å²) in [7, 11) is 0. The average Bonchev–Trinajstić information content (AvgIpc) is 2.05. The Labute approximate surface area is 86.9 Å². The highest BCUT2D eigenvalue weighted by Crippen LogP contribution is 2.28. The molecule has 0 bridgehead atoms. The van der Waals surface area contributed by atoms with Gasteiger partial charge in [-0.05, 0) is 19.3 Å². The average molecular weight is 214 g/mol. The van der Waals surface area contributed by atoms with Crippen LogP contribution >= 0.6 is 11.6 Å². The molecule has 6 heteroatoms. The Morgan fingerprint density at radius 1 is 1.29 bits per heavy atom. The molecule has 0 aliphatic heterocycles. The van der Waals surface area contributed by atoms with Crippen molar-refractivity contribution in [3.05, 3.63) is 5.15 Å². The zero-order valence-corrected chi connectivity index (χ0v) is 8.38. The summed E-state index contributed by atoms with van der Waals surface area (Å²) < 4.78 is 0. The highest BCUT2D eigenvalue weighted by Gasteiger charge is 2.19. The van der Waals surface area contributed by atoms with Crippen molar-refractivity contribution in [2.45, 2.75) is 25.3 Å². The Kier molecular flexibility index (Phi) is 2.33. The second-order valence-corrected chi connectivity index (χ2v) is 3.77. The predicted octanol–water partition coefficient (Wildman–Crippen LogP) is 1.26. The van der Waals surface area contributed by atoms with Crippen LogP contribution in [0.3, 0.4) is 0 Å². The molecule has 1 aliphatic carbocycles. The molecule has 1 aromatic heterocycles. The number of anilines is 3. The summed E-state index contributed by atoms with van der Waals surface area (Å²) >= 11 is 5.77. The molecule has 76 valence electrons. The molecule has 0 amide bonds. The quantitative estimate of drug-likeness (QED) is 0.644. The van der Waals surface area contributed by atoms with E-state index >= 15 is 0 Å². The third-order valence-electron chi connectivity index (χ3n) is 2.36. The molecule has 0 atom stereocenters. The normalized spacial score (nSPS) is 16.4. The molecule has 1 saturated carbocycles. The number of nitrogens with zero attached hydrogens (tertiary/aromatic N) is 2. The van der Waals surface area contributed by atoms with E-state index in [9.17, 15) is 0 Å². The second-order valence-electron chi connectivity index (χ2n) is 3.41. The summed E-state index contributed by atoms with van der Waals surface area (Å²) in [6.07, 6.45) is 3.52. The summed E-state index contributed by atoms with van der Waals surface area (Å²) in [5, 5.41) is 3.40. The molecule has 0 aromatic carbocycles. The van der Waals surface area contributed by atoms with E-state index < -0.39 is 0 Å². The van der Waals surface area contributed by atoms with E-state index in [1.165, 1.54) is 6.42 Å². The fourth-order valence-electron chi connectivity index (χ4n) is 1.31. The molecular formula is C8H12ClN5. The summed E-state index contributed by atoms with van der Waals surface area (Å²) in [5.74, 6) is 0.693. The van der Waals surface area contributed by atoms with Crippen LogP contribution in [0.25, 0.3) is 0 Å². The zero-order valence-electron chi connectivity index (χ0n) is 7.63. The lowest BCUT2D eigenvalue weighted by Crippen LogP contribution is -2.28. The lowest BCUT2D eigenvalue weighted by Gasteiger charge is -2.27. The van der Waals surface area contributed by atoms with Crippen LogP contribution in [0.15, 0.2) is 0 Å². The van der Waals surface area contributed by atoms with Crippen molar-refractivity contribution in [2.24, 2.45) is 0 Å². The number of aromatic nitrogens is 2. The first-order valence-electron chi connectivity index (χ1n) is 4.52. The van der Waals surface area contributed by atoms with Crippen molar-refractivity contribution in [3.8, 4) is 0 Å². The van der Waals surface area contributed by atoms with Crippen molar-refractivity contribution < 1.29 is 0 Å². The Hall–Kier alpha value is -1.23. The van der Waals surface area contributed by atoms with E-state index in [4.69, 9.17) is 23.1 Å². The van der Waals surface area contributed by atoms with Gasteiger partial charge in [0, 0.05) is 6.04 Å². The van der Waals surface area contributed by atoms with Gasteiger partial charge in [-0.2, -0.15) is 9.97 Å². The molecule has 1 fully saturated rings. The first kappa shape index (κ1) is 9.33. The van der Waals surface area contributed by atoms with Crippen LogP contribution in [0.1, 0.15) is 19.3 Å². The predicted molar refractivity (Wildman–Crippen MR) is 57.1 cm³/mol. The van der Waals surface area contributed by atoms with Crippen LogP contribution in [0.2, 0.25) is 5.15 Å². The van der Waals surface area contributed by atoms with Gasteiger partial charge in [0.05, 0.1) is 0 Å². The minimum atomic E-state index is 0.144. The van der Waals surface area contributed by atoms with E-state index in [0.29, 0.717) is 17.5 Å². The smallest absolute Gasteiger partial charge is 0.223 e. The van der Waals surface area contributed by atoms with E-state index in [1.807, 2.05) is 0 Å². The Morgan fingerprint density at radius 2 is 2.00 bits per heavy atom. The maximum atomic E-state index is 5.77. The van der Waals surface area contributed by atoms with Gasteiger partial charge in [-0.3, -0.25) is 0 Å². The Bertz CT molecular complexity index is 350. The highest BCUT2D eigenvalue weighted by molar-refractivity contribution is 6.32. The largest absolute Gasteiger partial charge is 0.393 e. The lowest BCUT2D eigenvalue weighted by molar-refractivity contribution is 0.444. The maximum absolute atomic E-state index is 5.77. The van der Waals surface area contributed by atoms with E-state index in [0.717, 1.165) is 12.8 Å². The van der Waals surface area contributed by atoms with E-state index in [-0.39, 0.29) is 11.1 Å². The molecule has 0 unspecified atom stereocenters. The SMILES string of the molecule is Nc1nc(Cl)c(N)c(NC2CCC2)n1. The van der Waals surface area contributed by atoms with E-state index in [1.54, 1.807) is 0 Å². The summed E-state index contributed by atoms with van der Waals surface area (Å²) in [6, 6.07) is 0.447. The van der Waals surface area contributed by atoms with Crippen molar-refractivity contribution in [2.75, 3.05) is 16.8 Å². The van der Waals surface area contributed by atoms with Gasteiger partial charge in [0.15, 0.2) is 11.0 Å². The van der Waals surface area contributed by atoms with Gasteiger partial charge in [0.25, 0.3) is 0 Å². The maximum Gasteiger partial charge on any atom is 0.223 e. The minimum Gasteiger partial charge on any atom is -0.393 e. The molecule has 2 rings (SSSR count). The topological polar surface area (TPSA) is 89.8 Å². The van der Waals surface area contributed by atoms with Gasteiger partial charge in [-0.15, -0.1) is 0 Å². The van der Waals surface area contributed by atoms with Gasteiger partial charge in [-0.25, -0.2) is 0 Å². The van der Waals surface area contributed by atoms with Gasteiger partial charge in [0.1, 0.15) is 5.69 Å². The number of rotatable bonds is 2. The Morgan fingerprint density at radius 3 is 2.57 bits per heavy atom. The second kappa shape index (κ2) is 3.49. The molecule has 1 heterocycles. The number of hydrogen-bond donors (Lipinski definition) is 3. The molecule has 14 heavy (non-hydrogen) atoms. The van der Waals surface area contributed by atoms with Crippen molar-refractivity contribution in [3.63, 3.8) is 0 Å².